The van der Waals surface area contributed by atoms with Crippen LogP contribution in [-0.2, 0) is 4.74 Å². The molecule has 24 heavy (non-hydrogen) atoms. The molecule has 124 valence electrons. The molecule has 2 rings (SSSR count). The van der Waals surface area contributed by atoms with Crippen molar-refractivity contribution in [2.24, 2.45) is 0 Å². The summed E-state index contributed by atoms with van der Waals surface area (Å²) in [6.45, 7) is 4.74. The van der Waals surface area contributed by atoms with Crippen molar-refractivity contribution in [2.45, 2.75) is 20.8 Å². The molecule has 0 amide bonds. The van der Waals surface area contributed by atoms with Gasteiger partial charge in [-0.1, -0.05) is 23.8 Å². The molecule has 0 aliphatic carbocycles. The molecule has 6 heteroatoms. The predicted octanol–water partition coefficient (Wildman–Crippen LogP) is 3.56. The molecule has 2 aromatic carbocycles. The number of hydrogen-bond donors (Lipinski definition) is 0. The normalized spacial score (nSPS) is 10.3. The Morgan fingerprint density at radius 1 is 1.08 bits per heavy atom. The van der Waals surface area contributed by atoms with E-state index in [0.717, 1.165) is 11.1 Å². The zero-order valence-electron chi connectivity index (χ0n) is 13.7. The zero-order chi connectivity index (χ0) is 17.9. The fourth-order valence-corrected chi connectivity index (χ4v) is 2.37. The van der Waals surface area contributed by atoms with Crippen LogP contribution in [0.3, 0.4) is 0 Å². The first kappa shape index (κ1) is 17.3. The molecule has 0 aliphatic heterocycles. The molecule has 0 aliphatic rings. The maximum absolute atomic E-state index is 12.2. The average molecular weight is 327 g/mol. The molecule has 0 unspecified atom stereocenters. The van der Waals surface area contributed by atoms with Crippen molar-refractivity contribution in [3.8, 4) is 0 Å². The van der Waals surface area contributed by atoms with E-state index >= 15 is 0 Å². The molecule has 6 nitrogen and oxygen atoms in total. The van der Waals surface area contributed by atoms with Crippen LogP contribution in [0.15, 0.2) is 36.4 Å². The van der Waals surface area contributed by atoms with Gasteiger partial charge >= 0.3 is 5.97 Å². The summed E-state index contributed by atoms with van der Waals surface area (Å²) in [5.41, 5.74) is 2.37. The Morgan fingerprint density at radius 3 is 2.46 bits per heavy atom. The Kier molecular flexibility index (Phi) is 5.08. The highest BCUT2D eigenvalue weighted by molar-refractivity contribution is 6.00. The van der Waals surface area contributed by atoms with Crippen molar-refractivity contribution in [1.82, 2.24) is 0 Å². The molecule has 0 saturated heterocycles. The predicted molar refractivity (Wildman–Crippen MR) is 88.4 cm³/mol. The molecule has 0 spiro atoms. The Hall–Kier alpha value is -3.02. The molecule has 0 saturated carbocycles. The number of aryl methyl sites for hydroxylation is 2. The lowest BCUT2D eigenvalue weighted by Gasteiger charge is -2.09. The van der Waals surface area contributed by atoms with Gasteiger partial charge in [0.05, 0.1) is 10.5 Å². The van der Waals surface area contributed by atoms with E-state index in [4.69, 9.17) is 4.74 Å². The van der Waals surface area contributed by atoms with Gasteiger partial charge in [0.15, 0.2) is 6.61 Å². The minimum absolute atomic E-state index is 0.0814. The van der Waals surface area contributed by atoms with Gasteiger partial charge in [0.25, 0.3) is 5.69 Å². The maximum Gasteiger partial charge on any atom is 0.339 e. The summed E-state index contributed by atoms with van der Waals surface area (Å²) in [6, 6.07) is 9.62. The van der Waals surface area contributed by atoms with Gasteiger partial charge in [0, 0.05) is 17.2 Å². The quantitative estimate of drug-likeness (QED) is 0.363. The number of Topliss-reactive ketones (excluding diaryl/α,β-unsaturated/α-hetero) is 1. The molecular weight excluding hydrogens is 310 g/mol. The van der Waals surface area contributed by atoms with Gasteiger partial charge in [-0.2, -0.15) is 0 Å². The van der Waals surface area contributed by atoms with Crippen LogP contribution in [0.4, 0.5) is 5.69 Å². The van der Waals surface area contributed by atoms with Crippen LogP contribution < -0.4 is 0 Å². The van der Waals surface area contributed by atoms with E-state index in [-0.39, 0.29) is 22.6 Å². The molecular formula is C18H17NO5. The number of nitro groups is 1. The van der Waals surface area contributed by atoms with E-state index in [1.807, 2.05) is 19.1 Å². The summed E-state index contributed by atoms with van der Waals surface area (Å²) < 4.78 is 5.04. The van der Waals surface area contributed by atoms with Crippen LogP contribution in [0.25, 0.3) is 0 Å². The first-order valence-corrected chi connectivity index (χ1v) is 7.33. The van der Waals surface area contributed by atoms with E-state index in [0.29, 0.717) is 5.56 Å². The lowest BCUT2D eigenvalue weighted by molar-refractivity contribution is -0.385. The summed E-state index contributed by atoms with van der Waals surface area (Å²) >= 11 is 0. The van der Waals surface area contributed by atoms with E-state index in [9.17, 15) is 19.7 Å². The number of ketones is 1. The maximum atomic E-state index is 12.2. The number of carbonyl (C=O) groups is 2. The Morgan fingerprint density at radius 2 is 1.79 bits per heavy atom. The minimum atomic E-state index is -0.755. The van der Waals surface area contributed by atoms with E-state index in [1.54, 1.807) is 13.0 Å². The van der Waals surface area contributed by atoms with Gasteiger partial charge < -0.3 is 4.74 Å². The van der Waals surface area contributed by atoms with Crippen LogP contribution in [-0.4, -0.2) is 23.3 Å². The average Bonchev–Trinajstić information content (AvgIpc) is 2.54. The summed E-state index contributed by atoms with van der Waals surface area (Å²) in [5, 5.41) is 10.9. The third-order valence-corrected chi connectivity index (χ3v) is 3.75. The number of rotatable bonds is 5. The van der Waals surface area contributed by atoms with Crippen molar-refractivity contribution in [2.75, 3.05) is 6.61 Å². The minimum Gasteiger partial charge on any atom is -0.454 e. The standard InChI is InChI=1S/C18H17NO5/c1-11-7-8-12(2)15(9-11)17(20)10-24-18(21)14-5-4-6-16(13(14)3)19(22)23/h4-9H,10H2,1-3H3. The third-order valence-electron chi connectivity index (χ3n) is 3.75. The lowest BCUT2D eigenvalue weighted by atomic mass is 10.0. The molecule has 0 bridgehead atoms. The lowest BCUT2D eigenvalue weighted by Crippen LogP contribution is -2.16. The fourth-order valence-electron chi connectivity index (χ4n) is 2.37. The number of esters is 1. The van der Waals surface area contributed by atoms with Gasteiger partial charge in [-0.15, -0.1) is 0 Å². The van der Waals surface area contributed by atoms with Crippen LogP contribution in [0, 0.1) is 30.9 Å². The number of nitrogens with zero attached hydrogens (tertiary/aromatic N) is 1. The summed E-state index contributed by atoms with van der Waals surface area (Å²) in [4.78, 5) is 34.7. The van der Waals surface area contributed by atoms with E-state index in [1.165, 1.54) is 25.1 Å². The summed E-state index contributed by atoms with van der Waals surface area (Å²) in [5.74, 6) is -1.07. The summed E-state index contributed by atoms with van der Waals surface area (Å²) in [7, 11) is 0. The molecule has 0 atom stereocenters. The smallest absolute Gasteiger partial charge is 0.339 e. The number of benzene rings is 2. The monoisotopic (exact) mass is 327 g/mol. The zero-order valence-corrected chi connectivity index (χ0v) is 13.7. The van der Waals surface area contributed by atoms with Crippen molar-refractivity contribution in [3.63, 3.8) is 0 Å². The SMILES string of the molecule is Cc1ccc(C)c(C(=O)COC(=O)c2cccc([N+](=O)[O-])c2C)c1. The molecule has 2 aromatic rings. The van der Waals surface area contributed by atoms with Crippen LogP contribution in [0.5, 0.6) is 0 Å². The number of hydrogen-bond acceptors (Lipinski definition) is 5. The van der Waals surface area contributed by atoms with Gasteiger partial charge in [-0.25, -0.2) is 4.79 Å². The second kappa shape index (κ2) is 7.04. The Labute approximate surface area is 139 Å². The van der Waals surface area contributed by atoms with Crippen molar-refractivity contribution in [1.29, 1.82) is 0 Å². The molecule has 0 N–H and O–H groups in total. The van der Waals surface area contributed by atoms with E-state index in [2.05, 4.69) is 0 Å². The number of ether oxygens (including phenoxy) is 1. The molecule has 0 aromatic heterocycles. The van der Waals surface area contributed by atoms with Crippen LogP contribution in [0.1, 0.15) is 37.4 Å². The second-order valence-electron chi connectivity index (χ2n) is 5.52. The number of carbonyl (C=O) groups excluding carboxylic acids is 2. The number of nitro benzene ring substituents is 1. The first-order valence-electron chi connectivity index (χ1n) is 7.33. The first-order chi connectivity index (χ1) is 11.3. The molecule has 0 radical (unpaired) electrons. The Balaban J connectivity index is 2.14. The highest BCUT2D eigenvalue weighted by Crippen LogP contribution is 2.22. The summed E-state index contributed by atoms with van der Waals surface area (Å²) in [6.07, 6.45) is 0. The van der Waals surface area contributed by atoms with Gasteiger partial charge in [0.2, 0.25) is 5.78 Å². The van der Waals surface area contributed by atoms with Gasteiger partial charge in [-0.3, -0.25) is 14.9 Å². The Bertz CT molecular complexity index is 826. The van der Waals surface area contributed by atoms with Crippen molar-refractivity contribution < 1.29 is 19.2 Å². The topological polar surface area (TPSA) is 86.5 Å². The van der Waals surface area contributed by atoms with Crippen molar-refractivity contribution in [3.05, 3.63) is 74.3 Å². The largest absolute Gasteiger partial charge is 0.454 e. The van der Waals surface area contributed by atoms with Gasteiger partial charge in [-0.05, 0) is 38.5 Å². The second-order valence-corrected chi connectivity index (χ2v) is 5.52. The van der Waals surface area contributed by atoms with Crippen LogP contribution in [0.2, 0.25) is 0 Å². The highest BCUT2D eigenvalue weighted by Gasteiger charge is 2.20. The molecule has 0 fully saturated rings. The fraction of sp³-hybridized carbons (Fsp3) is 0.222. The van der Waals surface area contributed by atoms with E-state index < -0.39 is 17.5 Å². The van der Waals surface area contributed by atoms with Crippen molar-refractivity contribution >= 4 is 17.4 Å². The molecule has 0 heterocycles. The third kappa shape index (κ3) is 3.65. The van der Waals surface area contributed by atoms with Gasteiger partial charge in [0.1, 0.15) is 0 Å². The highest BCUT2D eigenvalue weighted by atomic mass is 16.6. The van der Waals surface area contributed by atoms with Crippen LogP contribution >= 0.6 is 0 Å².